The largest absolute Gasteiger partial charge is 0.311 e. The summed E-state index contributed by atoms with van der Waals surface area (Å²) in [5.41, 5.74) is 5.59. The van der Waals surface area contributed by atoms with Crippen LogP contribution in [-0.2, 0) is 0 Å². The summed E-state index contributed by atoms with van der Waals surface area (Å²) in [5, 5.41) is 9.69. The van der Waals surface area contributed by atoms with Crippen LogP contribution in [-0.4, -0.2) is 32.5 Å². The molecule has 0 saturated heterocycles. The lowest BCUT2D eigenvalue weighted by Gasteiger charge is -2.47. The van der Waals surface area contributed by atoms with Crippen molar-refractivity contribution in [2.24, 2.45) is 5.73 Å². The van der Waals surface area contributed by atoms with Gasteiger partial charge in [-0.3, -0.25) is 16.0 Å². The van der Waals surface area contributed by atoms with E-state index in [0.717, 1.165) is 12.8 Å². The third-order valence-corrected chi connectivity index (χ3v) is 3.15. The topological polar surface area (TPSA) is 62.1 Å². The minimum atomic E-state index is -0.425. The second-order valence-corrected chi connectivity index (χ2v) is 3.33. The van der Waals surface area contributed by atoms with Gasteiger partial charge >= 0.3 is 0 Å². The quantitative estimate of drug-likeness (QED) is 0.437. The average Bonchev–Trinajstić information content (AvgIpc) is 2.20. The van der Waals surface area contributed by atoms with E-state index in [9.17, 15) is 0 Å². The Morgan fingerprint density at radius 1 is 0.923 bits per heavy atom. The molecule has 0 heterocycles. The molecule has 0 aliphatic heterocycles. The number of hydrogen-bond donors (Lipinski definition) is 4. The maximum atomic E-state index is 6.27. The monoisotopic (exact) mass is 188 g/mol. The Balaban J connectivity index is 4.87. The molecule has 5 N–H and O–H groups in total. The molecule has 0 aromatic carbocycles. The SMILES string of the molecule is CCC(N)(NC)C(CC)(NC)NC. The summed E-state index contributed by atoms with van der Waals surface area (Å²) < 4.78 is 0. The molecule has 13 heavy (non-hydrogen) atoms. The van der Waals surface area contributed by atoms with Crippen LogP contribution in [0.3, 0.4) is 0 Å². The van der Waals surface area contributed by atoms with Crippen molar-refractivity contribution >= 4 is 0 Å². The minimum absolute atomic E-state index is 0.253. The van der Waals surface area contributed by atoms with E-state index < -0.39 is 5.66 Å². The highest BCUT2D eigenvalue weighted by Crippen LogP contribution is 2.20. The maximum Gasteiger partial charge on any atom is 0.100 e. The van der Waals surface area contributed by atoms with Crippen LogP contribution in [0.5, 0.6) is 0 Å². The van der Waals surface area contributed by atoms with Gasteiger partial charge in [-0.25, -0.2) is 0 Å². The molecular formula is C9H24N4. The lowest BCUT2D eigenvalue weighted by atomic mass is 9.88. The molecule has 4 heteroatoms. The normalized spacial score (nSPS) is 17.1. The number of rotatable bonds is 6. The van der Waals surface area contributed by atoms with Gasteiger partial charge in [0.25, 0.3) is 0 Å². The molecule has 0 aromatic heterocycles. The van der Waals surface area contributed by atoms with Crippen LogP contribution in [0.25, 0.3) is 0 Å². The van der Waals surface area contributed by atoms with E-state index in [4.69, 9.17) is 5.73 Å². The number of hydrogen-bond acceptors (Lipinski definition) is 4. The first-order chi connectivity index (χ1) is 6.05. The Kier molecular flexibility index (Phi) is 4.85. The van der Waals surface area contributed by atoms with Crippen LogP contribution in [0.2, 0.25) is 0 Å². The zero-order chi connectivity index (χ0) is 10.5. The van der Waals surface area contributed by atoms with Gasteiger partial charge in [-0.1, -0.05) is 13.8 Å². The Morgan fingerprint density at radius 3 is 1.46 bits per heavy atom. The molecule has 80 valence electrons. The van der Waals surface area contributed by atoms with Gasteiger partial charge in [-0.15, -0.1) is 0 Å². The number of nitrogens with two attached hydrogens (primary N) is 1. The lowest BCUT2D eigenvalue weighted by molar-refractivity contribution is 0.106. The fourth-order valence-corrected chi connectivity index (χ4v) is 1.93. The van der Waals surface area contributed by atoms with E-state index >= 15 is 0 Å². The van der Waals surface area contributed by atoms with Crippen molar-refractivity contribution in [1.29, 1.82) is 0 Å². The molecule has 0 bridgehead atoms. The summed E-state index contributed by atoms with van der Waals surface area (Å²) >= 11 is 0. The van der Waals surface area contributed by atoms with E-state index in [1.54, 1.807) is 0 Å². The zero-order valence-corrected chi connectivity index (χ0v) is 9.49. The van der Waals surface area contributed by atoms with Gasteiger partial charge in [0.2, 0.25) is 0 Å². The van der Waals surface area contributed by atoms with Gasteiger partial charge in [-0.05, 0) is 34.0 Å². The Bertz CT molecular complexity index is 130. The lowest BCUT2D eigenvalue weighted by Crippen LogP contribution is -2.77. The second-order valence-electron chi connectivity index (χ2n) is 3.33. The summed E-state index contributed by atoms with van der Waals surface area (Å²) in [6.45, 7) is 4.19. The Hall–Kier alpha value is -0.160. The second kappa shape index (κ2) is 4.91. The van der Waals surface area contributed by atoms with E-state index in [1.807, 2.05) is 21.1 Å². The van der Waals surface area contributed by atoms with Crippen molar-refractivity contribution in [1.82, 2.24) is 16.0 Å². The highest BCUT2D eigenvalue weighted by molar-refractivity contribution is 5.02. The van der Waals surface area contributed by atoms with Crippen LogP contribution in [0, 0.1) is 0 Å². The first-order valence-corrected chi connectivity index (χ1v) is 4.91. The maximum absolute atomic E-state index is 6.27. The van der Waals surface area contributed by atoms with Crippen molar-refractivity contribution in [3.05, 3.63) is 0 Å². The highest BCUT2D eigenvalue weighted by atomic mass is 15.3. The van der Waals surface area contributed by atoms with Gasteiger partial charge in [0, 0.05) is 0 Å². The van der Waals surface area contributed by atoms with E-state index in [0.29, 0.717) is 0 Å². The first-order valence-electron chi connectivity index (χ1n) is 4.91. The van der Waals surface area contributed by atoms with Gasteiger partial charge in [0.15, 0.2) is 0 Å². The number of nitrogens with one attached hydrogen (secondary N) is 3. The van der Waals surface area contributed by atoms with Crippen LogP contribution in [0.15, 0.2) is 0 Å². The molecule has 0 aromatic rings. The molecule has 1 atom stereocenters. The van der Waals surface area contributed by atoms with Crippen LogP contribution in [0.1, 0.15) is 26.7 Å². The summed E-state index contributed by atoms with van der Waals surface area (Å²) in [5.74, 6) is 0. The van der Waals surface area contributed by atoms with Crippen LogP contribution in [0.4, 0.5) is 0 Å². The summed E-state index contributed by atoms with van der Waals surface area (Å²) in [6, 6.07) is 0. The number of likely N-dealkylation sites (N-methyl/N-ethyl adjacent to an activating group) is 3. The predicted molar refractivity (Wildman–Crippen MR) is 57.4 cm³/mol. The predicted octanol–water partition coefficient (Wildman–Crippen LogP) is -0.184. The van der Waals surface area contributed by atoms with Gasteiger partial charge in [0.05, 0.1) is 5.66 Å². The Labute approximate surface area is 81.6 Å². The summed E-state index contributed by atoms with van der Waals surface area (Å²) in [4.78, 5) is 0. The van der Waals surface area contributed by atoms with E-state index in [1.165, 1.54) is 0 Å². The fourth-order valence-electron chi connectivity index (χ4n) is 1.93. The summed E-state index contributed by atoms with van der Waals surface area (Å²) in [6.07, 6.45) is 1.78. The minimum Gasteiger partial charge on any atom is -0.311 e. The van der Waals surface area contributed by atoms with E-state index in [-0.39, 0.29) is 5.66 Å². The van der Waals surface area contributed by atoms with E-state index in [2.05, 4.69) is 29.8 Å². The van der Waals surface area contributed by atoms with Crippen molar-refractivity contribution in [2.45, 2.75) is 38.0 Å². The molecule has 0 amide bonds. The van der Waals surface area contributed by atoms with Crippen molar-refractivity contribution < 1.29 is 0 Å². The standard InChI is InChI=1S/C9H24N4/c1-6-8(10,11-3)9(7-2,12-4)13-5/h11-13H,6-7,10H2,1-5H3. The molecule has 0 rings (SSSR count). The molecule has 4 nitrogen and oxygen atoms in total. The third kappa shape index (κ3) is 2.02. The van der Waals surface area contributed by atoms with Crippen molar-refractivity contribution in [3.8, 4) is 0 Å². The van der Waals surface area contributed by atoms with Crippen LogP contribution >= 0.6 is 0 Å². The van der Waals surface area contributed by atoms with Gasteiger partial charge in [0.1, 0.15) is 5.66 Å². The highest BCUT2D eigenvalue weighted by Gasteiger charge is 2.43. The molecule has 1 unspecified atom stereocenters. The fraction of sp³-hybridized carbons (Fsp3) is 1.00. The van der Waals surface area contributed by atoms with Gasteiger partial charge in [-0.2, -0.15) is 0 Å². The molecule has 0 saturated carbocycles. The van der Waals surface area contributed by atoms with Crippen molar-refractivity contribution in [3.63, 3.8) is 0 Å². The van der Waals surface area contributed by atoms with Crippen molar-refractivity contribution in [2.75, 3.05) is 21.1 Å². The van der Waals surface area contributed by atoms with Crippen LogP contribution < -0.4 is 21.7 Å². The third-order valence-electron chi connectivity index (χ3n) is 3.15. The average molecular weight is 188 g/mol. The zero-order valence-electron chi connectivity index (χ0n) is 9.49. The summed E-state index contributed by atoms with van der Waals surface area (Å²) in [7, 11) is 5.74. The molecule has 0 fully saturated rings. The molecular weight excluding hydrogens is 164 g/mol. The molecule has 0 aliphatic rings. The first kappa shape index (κ1) is 12.8. The molecule has 0 radical (unpaired) electrons. The van der Waals surface area contributed by atoms with Gasteiger partial charge < -0.3 is 5.73 Å². The molecule has 0 spiro atoms. The Morgan fingerprint density at radius 2 is 1.38 bits per heavy atom. The smallest absolute Gasteiger partial charge is 0.100 e. The molecule has 0 aliphatic carbocycles.